The molecule has 0 aliphatic rings. The van der Waals surface area contributed by atoms with E-state index in [-0.39, 0.29) is 24.7 Å². The third-order valence-electron chi connectivity index (χ3n) is 2.28. The first-order valence-electron chi connectivity index (χ1n) is 6.24. The Morgan fingerprint density at radius 3 is 2.63 bits per heavy atom. The maximum absolute atomic E-state index is 11.4. The molecule has 0 fully saturated rings. The van der Waals surface area contributed by atoms with E-state index in [0.717, 1.165) is 10.0 Å². The molecule has 1 aromatic carbocycles. The van der Waals surface area contributed by atoms with Crippen LogP contribution in [0.2, 0.25) is 0 Å². The molecule has 0 heterocycles. The molecule has 0 saturated heterocycles. The summed E-state index contributed by atoms with van der Waals surface area (Å²) in [6, 6.07) is 5.67. The van der Waals surface area contributed by atoms with Crippen LogP contribution < -0.4 is 10.5 Å². The van der Waals surface area contributed by atoms with Crippen molar-refractivity contribution in [3.63, 3.8) is 0 Å². The fourth-order valence-corrected chi connectivity index (χ4v) is 2.04. The molecule has 106 valence electrons. The molecule has 4 nitrogen and oxygen atoms in total. The van der Waals surface area contributed by atoms with Crippen LogP contribution in [0.25, 0.3) is 0 Å². The Bertz CT molecular complexity index is 433. The van der Waals surface area contributed by atoms with Gasteiger partial charge in [0.25, 0.3) is 0 Å². The van der Waals surface area contributed by atoms with Gasteiger partial charge in [0.1, 0.15) is 5.75 Å². The number of rotatable bonds is 6. The van der Waals surface area contributed by atoms with E-state index in [1.54, 1.807) is 13.8 Å². The summed E-state index contributed by atoms with van der Waals surface area (Å²) < 4.78 is 11.5. The third-order valence-corrected chi connectivity index (χ3v) is 2.77. The fraction of sp³-hybridized carbons (Fsp3) is 0.500. The maximum atomic E-state index is 11.4. The van der Waals surface area contributed by atoms with Crippen molar-refractivity contribution in [3.8, 4) is 5.75 Å². The van der Waals surface area contributed by atoms with Crippen LogP contribution in [0.5, 0.6) is 5.75 Å². The first-order valence-corrected chi connectivity index (χ1v) is 7.04. The van der Waals surface area contributed by atoms with Crippen molar-refractivity contribution in [2.75, 3.05) is 6.61 Å². The molecule has 0 spiro atoms. The Balaban J connectivity index is 2.69. The average Bonchev–Trinajstić information content (AvgIpc) is 2.26. The molecule has 0 aliphatic heterocycles. The average molecular weight is 330 g/mol. The molecule has 1 atom stereocenters. The minimum atomic E-state index is -0.371. The topological polar surface area (TPSA) is 61.5 Å². The lowest BCUT2D eigenvalue weighted by molar-refractivity contribution is -0.149. The van der Waals surface area contributed by atoms with Crippen LogP contribution in [-0.4, -0.2) is 24.7 Å². The van der Waals surface area contributed by atoms with Crippen molar-refractivity contribution in [3.05, 3.63) is 28.2 Å². The molecule has 0 saturated carbocycles. The monoisotopic (exact) mass is 329 g/mol. The summed E-state index contributed by atoms with van der Waals surface area (Å²) in [6.45, 7) is 5.45. The first kappa shape index (κ1) is 16.0. The number of ether oxygens (including phenoxy) is 2. The highest BCUT2D eigenvalue weighted by Gasteiger charge is 2.11. The van der Waals surface area contributed by atoms with Crippen LogP contribution in [0.15, 0.2) is 22.7 Å². The molecule has 1 rings (SSSR count). The van der Waals surface area contributed by atoms with E-state index in [4.69, 9.17) is 15.2 Å². The van der Waals surface area contributed by atoms with Gasteiger partial charge in [0, 0.05) is 10.5 Å². The minimum absolute atomic E-state index is 0.0271. The van der Waals surface area contributed by atoms with E-state index in [9.17, 15) is 4.79 Å². The number of carbonyl (C=O) groups is 1. The highest BCUT2D eigenvalue weighted by molar-refractivity contribution is 9.10. The van der Waals surface area contributed by atoms with Crippen molar-refractivity contribution in [2.45, 2.75) is 39.3 Å². The van der Waals surface area contributed by atoms with Crippen molar-refractivity contribution in [1.82, 2.24) is 0 Å². The van der Waals surface area contributed by atoms with Gasteiger partial charge >= 0.3 is 5.97 Å². The van der Waals surface area contributed by atoms with Crippen molar-refractivity contribution in [1.29, 1.82) is 0 Å². The Morgan fingerprint density at radius 2 is 2.05 bits per heavy atom. The predicted octanol–water partition coefficient (Wildman–Crippen LogP) is 2.67. The molecular weight excluding hydrogens is 310 g/mol. The molecule has 0 aliphatic carbocycles. The molecular formula is C14H20BrNO3. The van der Waals surface area contributed by atoms with Gasteiger partial charge in [-0.05, 0) is 51.0 Å². The van der Waals surface area contributed by atoms with E-state index >= 15 is 0 Å². The van der Waals surface area contributed by atoms with Gasteiger partial charge in [-0.1, -0.05) is 15.9 Å². The molecule has 5 heteroatoms. The molecule has 0 amide bonds. The van der Waals surface area contributed by atoms with Crippen LogP contribution in [0, 0.1) is 0 Å². The van der Waals surface area contributed by atoms with E-state index in [0.29, 0.717) is 12.2 Å². The summed E-state index contributed by atoms with van der Waals surface area (Å²) in [6.07, 6.45) is 0.554. The number of hydrogen-bond acceptors (Lipinski definition) is 4. The van der Waals surface area contributed by atoms with E-state index in [2.05, 4.69) is 15.9 Å². The van der Waals surface area contributed by atoms with Gasteiger partial charge in [0.2, 0.25) is 0 Å². The number of benzene rings is 1. The highest BCUT2D eigenvalue weighted by Crippen LogP contribution is 2.24. The van der Waals surface area contributed by atoms with Crippen molar-refractivity contribution >= 4 is 21.9 Å². The van der Waals surface area contributed by atoms with Crippen LogP contribution in [0.3, 0.4) is 0 Å². The second-order valence-corrected chi connectivity index (χ2v) is 5.68. The Labute approximate surface area is 122 Å². The molecule has 0 radical (unpaired) electrons. The fourth-order valence-electron chi connectivity index (χ4n) is 1.63. The van der Waals surface area contributed by atoms with E-state index in [1.165, 1.54) is 0 Å². The summed E-state index contributed by atoms with van der Waals surface area (Å²) in [7, 11) is 0. The summed E-state index contributed by atoms with van der Waals surface area (Å²) in [4.78, 5) is 11.4. The number of halogens is 1. The van der Waals surface area contributed by atoms with Crippen molar-refractivity contribution < 1.29 is 14.3 Å². The maximum Gasteiger partial charge on any atom is 0.344 e. The van der Waals surface area contributed by atoms with Gasteiger partial charge in [0.05, 0.1) is 6.10 Å². The van der Waals surface area contributed by atoms with Gasteiger partial charge in [-0.3, -0.25) is 0 Å². The Morgan fingerprint density at radius 1 is 1.37 bits per heavy atom. The predicted molar refractivity (Wildman–Crippen MR) is 78.2 cm³/mol. The van der Waals surface area contributed by atoms with Crippen molar-refractivity contribution in [2.24, 2.45) is 5.73 Å². The Kier molecular flexibility index (Phi) is 6.31. The van der Waals surface area contributed by atoms with E-state index < -0.39 is 0 Å². The quantitative estimate of drug-likeness (QED) is 0.815. The molecule has 0 aromatic heterocycles. The lowest BCUT2D eigenvalue weighted by atomic mass is 10.1. The summed E-state index contributed by atoms with van der Waals surface area (Å²) in [5, 5.41) is 0. The largest absolute Gasteiger partial charge is 0.482 e. The second kappa shape index (κ2) is 7.50. The van der Waals surface area contributed by atoms with Gasteiger partial charge in [-0.25, -0.2) is 4.79 Å². The molecule has 2 N–H and O–H groups in total. The first-order chi connectivity index (χ1) is 8.88. The van der Waals surface area contributed by atoms with Crippen LogP contribution >= 0.6 is 15.9 Å². The number of carbonyl (C=O) groups excluding carboxylic acids is 1. The smallest absolute Gasteiger partial charge is 0.344 e. The lowest BCUT2D eigenvalue weighted by Gasteiger charge is -2.14. The standard InChI is InChI=1S/C14H20BrNO3/c1-9(2)19-14(17)8-18-13-5-4-12(15)7-11(13)6-10(3)16/h4-5,7,9-10H,6,8,16H2,1-3H3. The minimum Gasteiger partial charge on any atom is -0.482 e. The lowest BCUT2D eigenvalue weighted by Crippen LogP contribution is -2.21. The zero-order chi connectivity index (χ0) is 14.4. The number of nitrogens with two attached hydrogens (primary N) is 1. The van der Waals surface area contributed by atoms with Gasteiger partial charge < -0.3 is 15.2 Å². The zero-order valence-corrected chi connectivity index (χ0v) is 13.1. The second-order valence-electron chi connectivity index (χ2n) is 4.76. The van der Waals surface area contributed by atoms with Gasteiger partial charge in [-0.2, -0.15) is 0 Å². The Hall–Kier alpha value is -1.07. The third kappa shape index (κ3) is 6.07. The summed E-state index contributed by atoms with van der Waals surface area (Å²) in [5.74, 6) is 0.297. The normalized spacial score (nSPS) is 12.3. The number of hydrogen-bond donors (Lipinski definition) is 1. The van der Waals surface area contributed by atoms with Crippen LogP contribution in [-0.2, 0) is 16.0 Å². The SMILES string of the molecule is CC(N)Cc1cc(Br)ccc1OCC(=O)OC(C)C. The molecule has 19 heavy (non-hydrogen) atoms. The van der Waals surface area contributed by atoms with Gasteiger partial charge in [0.15, 0.2) is 6.61 Å². The zero-order valence-electron chi connectivity index (χ0n) is 11.5. The molecule has 0 bridgehead atoms. The van der Waals surface area contributed by atoms with Gasteiger partial charge in [-0.15, -0.1) is 0 Å². The molecule has 1 aromatic rings. The van der Waals surface area contributed by atoms with Crippen LogP contribution in [0.4, 0.5) is 0 Å². The summed E-state index contributed by atoms with van der Waals surface area (Å²) in [5.41, 5.74) is 6.78. The van der Waals surface area contributed by atoms with Crippen LogP contribution in [0.1, 0.15) is 26.3 Å². The number of esters is 1. The van der Waals surface area contributed by atoms with E-state index in [1.807, 2.05) is 25.1 Å². The summed E-state index contributed by atoms with van der Waals surface area (Å²) >= 11 is 3.41. The highest BCUT2D eigenvalue weighted by atomic mass is 79.9. The molecule has 1 unspecified atom stereocenters.